The number of carbonyl (C=O) groups is 2. The topological polar surface area (TPSA) is 55.4 Å². The zero-order valence-electron chi connectivity index (χ0n) is 16.1. The molecule has 1 saturated carbocycles. The van der Waals surface area contributed by atoms with E-state index in [1.807, 2.05) is 6.92 Å². The van der Waals surface area contributed by atoms with Gasteiger partial charge in [-0.3, -0.25) is 4.79 Å². The Morgan fingerprint density at radius 3 is 2.62 bits per heavy atom. The first-order valence-electron chi connectivity index (χ1n) is 10.2. The van der Waals surface area contributed by atoms with Gasteiger partial charge in [-0.1, -0.05) is 39.0 Å². The highest BCUT2D eigenvalue weighted by atomic mass is 32.1. The molecular formula is C21H31NO3S. The summed E-state index contributed by atoms with van der Waals surface area (Å²) in [4.78, 5) is 26.3. The summed E-state index contributed by atoms with van der Waals surface area (Å²) in [5, 5.41) is 3.75. The van der Waals surface area contributed by atoms with Crippen LogP contribution in [0.25, 0.3) is 0 Å². The third-order valence-corrected chi connectivity index (χ3v) is 7.10. The van der Waals surface area contributed by atoms with Crippen LogP contribution in [0.1, 0.15) is 86.0 Å². The number of hydrogen-bond donors (Lipinski definition) is 1. The fraction of sp³-hybridized carbons (Fsp3) is 0.714. The Morgan fingerprint density at radius 2 is 1.92 bits per heavy atom. The molecular weight excluding hydrogens is 346 g/mol. The van der Waals surface area contributed by atoms with Gasteiger partial charge in [-0.05, 0) is 50.0 Å². The van der Waals surface area contributed by atoms with Crippen LogP contribution >= 0.6 is 11.3 Å². The first kappa shape index (κ1) is 19.4. The second-order valence-electron chi connectivity index (χ2n) is 7.68. The van der Waals surface area contributed by atoms with Crippen molar-refractivity contribution in [2.75, 3.05) is 11.9 Å². The number of carbonyl (C=O) groups excluding carboxylic acids is 2. The van der Waals surface area contributed by atoms with E-state index in [0.717, 1.165) is 37.7 Å². The van der Waals surface area contributed by atoms with Crippen molar-refractivity contribution in [2.24, 2.45) is 11.8 Å². The predicted octanol–water partition coefficient (Wildman–Crippen LogP) is 5.35. The molecule has 1 fully saturated rings. The average molecular weight is 378 g/mol. The quantitative estimate of drug-likeness (QED) is 0.652. The molecule has 2 aliphatic carbocycles. The molecule has 3 rings (SSSR count). The minimum absolute atomic E-state index is 0.0353. The maximum absolute atomic E-state index is 12.5. The lowest BCUT2D eigenvalue weighted by Gasteiger charge is -2.20. The lowest BCUT2D eigenvalue weighted by molar-refractivity contribution is -0.116. The van der Waals surface area contributed by atoms with Gasteiger partial charge in [0.15, 0.2) is 0 Å². The molecule has 5 heteroatoms. The van der Waals surface area contributed by atoms with Gasteiger partial charge < -0.3 is 10.1 Å². The van der Waals surface area contributed by atoms with Crippen LogP contribution in [0, 0.1) is 11.8 Å². The number of amides is 1. The molecule has 1 aromatic heterocycles. The smallest absolute Gasteiger partial charge is 0.341 e. The summed E-state index contributed by atoms with van der Waals surface area (Å²) in [6, 6.07) is 0. The van der Waals surface area contributed by atoms with Crippen molar-refractivity contribution in [1.29, 1.82) is 0 Å². The first-order chi connectivity index (χ1) is 12.6. The molecule has 0 aliphatic heterocycles. The Hall–Kier alpha value is -1.36. The number of esters is 1. The maximum atomic E-state index is 12.5. The summed E-state index contributed by atoms with van der Waals surface area (Å²) in [5.74, 6) is 1.13. The van der Waals surface area contributed by atoms with Gasteiger partial charge in [-0.15, -0.1) is 11.3 Å². The molecule has 26 heavy (non-hydrogen) atoms. The van der Waals surface area contributed by atoms with Crippen LogP contribution in [0.5, 0.6) is 0 Å². The van der Waals surface area contributed by atoms with E-state index in [2.05, 4.69) is 12.2 Å². The third kappa shape index (κ3) is 4.48. The molecule has 1 N–H and O–H groups in total. The molecule has 2 aliphatic rings. The Bertz CT molecular complexity index is 646. The molecule has 1 aromatic rings. The molecule has 4 nitrogen and oxygen atoms in total. The van der Waals surface area contributed by atoms with E-state index >= 15 is 0 Å². The summed E-state index contributed by atoms with van der Waals surface area (Å²) < 4.78 is 5.29. The average Bonchev–Trinajstić information content (AvgIpc) is 3.26. The van der Waals surface area contributed by atoms with Gasteiger partial charge in [0.25, 0.3) is 0 Å². The van der Waals surface area contributed by atoms with E-state index in [9.17, 15) is 9.59 Å². The number of nitrogens with one attached hydrogen (secondary N) is 1. The zero-order valence-corrected chi connectivity index (χ0v) is 16.9. The van der Waals surface area contributed by atoms with Crippen molar-refractivity contribution in [3.63, 3.8) is 0 Å². The van der Waals surface area contributed by atoms with Crippen LogP contribution in [0.3, 0.4) is 0 Å². The monoisotopic (exact) mass is 377 g/mol. The Balaban J connectivity index is 1.73. The SMILES string of the molecule is CCOC(=O)c1c(NC(=O)CCC2CCCC2)sc2c1CC[C@H](CC)C2. The Morgan fingerprint density at radius 1 is 1.15 bits per heavy atom. The number of ether oxygens (including phenoxy) is 1. The van der Waals surface area contributed by atoms with Gasteiger partial charge in [0.2, 0.25) is 5.91 Å². The lowest BCUT2D eigenvalue weighted by atomic mass is 9.85. The van der Waals surface area contributed by atoms with Crippen LogP contribution in [0.4, 0.5) is 5.00 Å². The largest absolute Gasteiger partial charge is 0.462 e. The molecule has 144 valence electrons. The van der Waals surface area contributed by atoms with Gasteiger partial charge in [0, 0.05) is 11.3 Å². The molecule has 1 heterocycles. The number of hydrogen-bond acceptors (Lipinski definition) is 4. The number of fused-ring (bicyclic) bond motifs is 1. The summed E-state index contributed by atoms with van der Waals surface area (Å²) in [6.45, 7) is 4.40. The molecule has 0 aromatic carbocycles. The van der Waals surface area contributed by atoms with E-state index < -0.39 is 0 Å². The number of anilines is 1. The van der Waals surface area contributed by atoms with Crippen LogP contribution in [0.15, 0.2) is 0 Å². The number of thiophene rings is 1. The van der Waals surface area contributed by atoms with Crippen molar-refractivity contribution in [1.82, 2.24) is 0 Å². The highest BCUT2D eigenvalue weighted by Crippen LogP contribution is 2.41. The summed E-state index contributed by atoms with van der Waals surface area (Å²) >= 11 is 1.59. The van der Waals surface area contributed by atoms with Gasteiger partial charge >= 0.3 is 5.97 Å². The molecule has 0 spiro atoms. The van der Waals surface area contributed by atoms with Crippen LogP contribution in [-0.2, 0) is 22.4 Å². The van der Waals surface area contributed by atoms with Crippen molar-refractivity contribution < 1.29 is 14.3 Å². The molecule has 0 saturated heterocycles. The molecule has 1 atom stereocenters. The predicted molar refractivity (Wildman–Crippen MR) is 106 cm³/mol. The molecule has 0 unspecified atom stereocenters. The second-order valence-corrected chi connectivity index (χ2v) is 8.79. The summed E-state index contributed by atoms with van der Waals surface area (Å²) in [7, 11) is 0. The van der Waals surface area contributed by atoms with E-state index in [1.165, 1.54) is 30.6 Å². The Kier molecular flexibility index (Phi) is 6.74. The van der Waals surface area contributed by atoms with Crippen molar-refractivity contribution in [3.05, 3.63) is 16.0 Å². The molecule has 0 radical (unpaired) electrons. The molecule has 0 bridgehead atoms. The van der Waals surface area contributed by atoms with E-state index in [0.29, 0.717) is 35.4 Å². The second kappa shape index (κ2) is 9.03. The molecule has 1 amide bonds. The van der Waals surface area contributed by atoms with Crippen LogP contribution < -0.4 is 5.32 Å². The van der Waals surface area contributed by atoms with Crippen LogP contribution in [-0.4, -0.2) is 18.5 Å². The van der Waals surface area contributed by atoms with Crippen LogP contribution in [0.2, 0.25) is 0 Å². The van der Waals surface area contributed by atoms with E-state index in [1.54, 1.807) is 11.3 Å². The normalized spacial score (nSPS) is 20.0. The third-order valence-electron chi connectivity index (χ3n) is 5.93. The van der Waals surface area contributed by atoms with Crippen molar-refractivity contribution in [2.45, 2.75) is 78.1 Å². The minimum atomic E-state index is -0.286. The highest BCUT2D eigenvalue weighted by Gasteiger charge is 2.30. The van der Waals surface area contributed by atoms with E-state index in [4.69, 9.17) is 4.74 Å². The van der Waals surface area contributed by atoms with E-state index in [-0.39, 0.29) is 11.9 Å². The van der Waals surface area contributed by atoms with Crippen molar-refractivity contribution in [3.8, 4) is 0 Å². The standard InChI is InChI=1S/C21H31NO3S/c1-3-14-9-11-16-17(13-14)26-20(19(16)21(24)25-4-2)22-18(23)12-10-15-7-5-6-8-15/h14-15H,3-13H2,1-2H3,(H,22,23)/t14-/m0/s1. The van der Waals surface area contributed by atoms with Gasteiger partial charge in [-0.2, -0.15) is 0 Å². The fourth-order valence-electron chi connectivity index (χ4n) is 4.33. The first-order valence-corrected chi connectivity index (χ1v) is 11.1. The Labute approximate surface area is 160 Å². The van der Waals surface area contributed by atoms with Gasteiger partial charge in [0.1, 0.15) is 5.00 Å². The fourth-order valence-corrected chi connectivity index (χ4v) is 5.70. The van der Waals surface area contributed by atoms with Gasteiger partial charge in [-0.25, -0.2) is 4.79 Å². The van der Waals surface area contributed by atoms with Crippen molar-refractivity contribution >= 4 is 28.2 Å². The number of rotatable bonds is 7. The minimum Gasteiger partial charge on any atom is -0.462 e. The zero-order chi connectivity index (χ0) is 18.5. The lowest BCUT2D eigenvalue weighted by Crippen LogP contribution is -2.17. The highest BCUT2D eigenvalue weighted by molar-refractivity contribution is 7.17. The maximum Gasteiger partial charge on any atom is 0.341 e. The van der Waals surface area contributed by atoms with Gasteiger partial charge in [0.05, 0.1) is 12.2 Å². The summed E-state index contributed by atoms with van der Waals surface area (Å²) in [6.07, 6.45) is 10.8. The summed E-state index contributed by atoms with van der Waals surface area (Å²) in [5.41, 5.74) is 1.74.